The van der Waals surface area contributed by atoms with Crippen molar-refractivity contribution >= 4 is 11.6 Å². The van der Waals surface area contributed by atoms with Gasteiger partial charge < -0.3 is 0 Å². The molecule has 0 bridgehead atoms. The van der Waals surface area contributed by atoms with Crippen molar-refractivity contribution in [3.63, 3.8) is 0 Å². The van der Waals surface area contributed by atoms with Gasteiger partial charge in [0.2, 0.25) is 0 Å². The van der Waals surface area contributed by atoms with E-state index in [0.29, 0.717) is 0 Å². The van der Waals surface area contributed by atoms with Crippen molar-refractivity contribution in [3.05, 3.63) is 70.3 Å². The summed E-state index contributed by atoms with van der Waals surface area (Å²) in [5, 5.41) is 0. The number of benzene rings is 2. The van der Waals surface area contributed by atoms with Gasteiger partial charge in [-0.05, 0) is 53.7 Å². The van der Waals surface area contributed by atoms with Gasteiger partial charge in [-0.25, -0.2) is 0 Å². The van der Waals surface area contributed by atoms with Crippen molar-refractivity contribution in [2.24, 2.45) is 0 Å². The summed E-state index contributed by atoms with van der Waals surface area (Å²) in [7, 11) is 0. The van der Waals surface area contributed by atoms with E-state index in [-0.39, 0.29) is 0 Å². The molecule has 3 rings (SSSR count). The fraction of sp³-hybridized carbons (Fsp3) is 0.176. The van der Waals surface area contributed by atoms with Crippen LogP contribution in [0.1, 0.15) is 27.8 Å². The normalized spacial score (nSPS) is 13.4. The number of fused-ring (bicyclic) bond motifs is 1. The number of aryl methyl sites for hydroxylation is 1. The van der Waals surface area contributed by atoms with Gasteiger partial charge >= 0.3 is 0 Å². The third kappa shape index (κ3) is 1.70. The quantitative estimate of drug-likeness (QED) is 0.668. The molecule has 1 aliphatic carbocycles. The average Bonchev–Trinajstić information content (AvgIpc) is 2.80. The molecule has 0 atom stereocenters. The van der Waals surface area contributed by atoms with Gasteiger partial charge in [-0.15, -0.1) is 0 Å². The SMILES string of the molecule is Cc1ccc2c(c1C)C=C(c1ccccc1)C2. The Balaban J connectivity index is 2.08. The van der Waals surface area contributed by atoms with Crippen LogP contribution < -0.4 is 0 Å². The standard InChI is InChI=1S/C17H16/c1-12-8-9-15-10-16(11-17(15)13(12)2)14-6-4-3-5-7-14/h3-9,11H,10H2,1-2H3. The molecule has 0 N–H and O–H groups in total. The zero-order valence-electron chi connectivity index (χ0n) is 10.3. The van der Waals surface area contributed by atoms with Crippen molar-refractivity contribution in [2.45, 2.75) is 20.3 Å². The lowest BCUT2D eigenvalue weighted by Gasteiger charge is -2.05. The fourth-order valence-electron chi connectivity index (χ4n) is 2.52. The summed E-state index contributed by atoms with van der Waals surface area (Å²) >= 11 is 0. The lowest BCUT2D eigenvalue weighted by atomic mass is 10.00. The molecule has 0 saturated heterocycles. The van der Waals surface area contributed by atoms with Crippen molar-refractivity contribution in [2.75, 3.05) is 0 Å². The highest BCUT2D eigenvalue weighted by Gasteiger charge is 2.16. The van der Waals surface area contributed by atoms with Crippen LogP contribution in [-0.2, 0) is 6.42 Å². The molecule has 0 heterocycles. The van der Waals surface area contributed by atoms with Crippen LogP contribution in [0.2, 0.25) is 0 Å². The molecular weight excluding hydrogens is 204 g/mol. The molecule has 2 aromatic rings. The maximum Gasteiger partial charge on any atom is -0.00136 e. The molecule has 2 aromatic carbocycles. The Morgan fingerprint density at radius 2 is 1.65 bits per heavy atom. The van der Waals surface area contributed by atoms with Crippen LogP contribution in [0, 0.1) is 13.8 Å². The van der Waals surface area contributed by atoms with E-state index in [0.717, 1.165) is 6.42 Å². The molecule has 0 amide bonds. The van der Waals surface area contributed by atoms with Gasteiger partial charge in [0, 0.05) is 0 Å². The third-order valence-corrected chi connectivity index (χ3v) is 3.72. The zero-order chi connectivity index (χ0) is 11.8. The minimum atomic E-state index is 1.07. The summed E-state index contributed by atoms with van der Waals surface area (Å²) in [6.45, 7) is 4.41. The molecule has 0 spiro atoms. The van der Waals surface area contributed by atoms with E-state index >= 15 is 0 Å². The van der Waals surface area contributed by atoms with Gasteiger partial charge in [0.05, 0.1) is 0 Å². The van der Waals surface area contributed by atoms with E-state index in [1.54, 1.807) is 0 Å². The van der Waals surface area contributed by atoms with Gasteiger partial charge in [0.15, 0.2) is 0 Å². The third-order valence-electron chi connectivity index (χ3n) is 3.72. The Morgan fingerprint density at radius 3 is 2.41 bits per heavy atom. The van der Waals surface area contributed by atoms with Crippen molar-refractivity contribution in [1.82, 2.24) is 0 Å². The first-order valence-electron chi connectivity index (χ1n) is 6.11. The summed E-state index contributed by atoms with van der Waals surface area (Å²) < 4.78 is 0. The average molecular weight is 220 g/mol. The van der Waals surface area contributed by atoms with E-state index in [4.69, 9.17) is 0 Å². The van der Waals surface area contributed by atoms with Gasteiger partial charge in [0.25, 0.3) is 0 Å². The van der Waals surface area contributed by atoms with Gasteiger partial charge in [-0.3, -0.25) is 0 Å². The van der Waals surface area contributed by atoms with Gasteiger partial charge in [-0.2, -0.15) is 0 Å². The Morgan fingerprint density at radius 1 is 0.882 bits per heavy atom. The Hall–Kier alpha value is -1.82. The van der Waals surface area contributed by atoms with Gasteiger partial charge in [-0.1, -0.05) is 48.5 Å². The molecular formula is C17H16. The lowest BCUT2D eigenvalue weighted by Crippen LogP contribution is -1.89. The number of rotatable bonds is 1. The van der Waals surface area contributed by atoms with Crippen LogP contribution in [-0.4, -0.2) is 0 Å². The predicted molar refractivity (Wildman–Crippen MR) is 73.9 cm³/mol. The van der Waals surface area contributed by atoms with E-state index in [1.165, 1.54) is 33.4 Å². The zero-order valence-corrected chi connectivity index (χ0v) is 10.3. The molecule has 0 saturated carbocycles. The molecule has 0 aliphatic heterocycles. The largest absolute Gasteiger partial charge is 0.0622 e. The number of allylic oxidation sites excluding steroid dienone is 1. The summed E-state index contributed by atoms with van der Waals surface area (Å²) in [4.78, 5) is 0. The molecule has 17 heavy (non-hydrogen) atoms. The van der Waals surface area contributed by atoms with E-state index in [2.05, 4.69) is 62.4 Å². The van der Waals surface area contributed by atoms with Crippen molar-refractivity contribution in [3.8, 4) is 0 Å². The second-order valence-corrected chi connectivity index (χ2v) is 4.79. The second-order valence-electron chi connectivity index (χ2n) is 4.79. The van der Waals surface area contributed by atoms with Crippen LogP contribution in [0.15, 0.2) is 42.5 Å². The Labute approximate surface area is 103 Å². The number of hydrogen-bond donors (Lipinski definition) is 0. The van der Waals surface area contributed by atoms with Crippen LogP contribution in [0.25, 0.3) is 11.6 Å². The summed E-state index contributed by atoms with van der Waals surface area (Å²) in [5.74, 6) is 0. The minimum absolute atomic E-state index is 1.07. The highest BCUT2D eigenvalue weighted by Crippen LogP contribution is 2.34. The van der Waals surface area contributed by atoms with Crippen LogP contribution in [0.5, 0.6) is 0 Å². The first kappa shape index (κ1) is 10.3. The highest BCUT2D eigenvalue weighted by molar-refractivity contribution is 5.89. The van der Waals surface area contributed by atoms with Crippen LogP contribution >= 0.6 is 0 Å². The number of hydrogen-bond acceptors (Lipinski definition) is 0. The molecule has 84 valence electrons. The van der Waals surface area contributed by atoms with E-state index in [9.17, 15) is 0 Å². The molecule has 0 unspecified atom stereocenters. The van der Waals surface area contributed by atoms with E-state index < -0.39 is 0 Å². The van der Waals surface area contributed by atoms with Crippen molar-refractivity contribution < 1.29 is 0 Å². The molecule has 0 fully saturated rings. The van der Waals surface area contributed by atoms with Crippen molar-refractivity contribution in [1.29, 1.82) is 0 Å². The molecule has 1 aliphatic rings. The van der Waals surface area contributed by atoms with Crippen LogP contribution in [0.4, 0.5) is 0 Å². The Bertz CT molecular complexity index is 589. The molecule has 0 radical (unpaired) electrons. The molecule has 0 nitrogen and oxygen atoms in total. The maximum atomic E-state index is 2.35. The lowest BCUT2D eigenvalue weighted by molar-refractivity contribution is 1.25. The topological polar surface area (TPSA) is 0 Å². The highest BCUT2D eigenvalue weighted by atomic mass is 14.2. The summed E-state index contributed by atoms with van der Waals surface area (Å²) in [5.41, 5.74) is 8.49. The monoisotopic (exact) mass is 220 g/mol. The van der Waals surface area contributed by atoms with E-state index in [1.807, 2.05) is 0 Å². The smallest absolute Gasteiger partial charge is 0.00136 e. The summed E-state index contributed by atoms with van der Waals surface area (Å²) in [6, 6.07) is 15.2. The molecule has 0 heteroatoms. The second kappa shape index (κ2) is 3.89. The van der Waals surface area contributed by atoms with Crippen LogP contribution in [0.3, 0.4) is 0 Å². The summed E-state index contributed by atoms with van der Waals surface area (Å²) in [6.07, 6.45) is 3.42. The minimum Gasteiger partial charge on any atom is -0.0622 e. The fourth-order valence-corrected chi connectivity index (χ4v) is 2.52. The van der Waals surface area contributed by atoms with Gasteiger partial charge in [0.1, 0.15) is 0 Å². The maximum absolute atomic E-state index is 2.35. The predicted octanol–water partition coefficient (Wildman–Crippen LogP) is 4.40. The first-order valence-corrected chi connectivity index (χ1v) is 6.11. The first-order chi connectivity index (χ1) is 8.25. The Kier molecular flexibility index (Phi) is 2.36. The molecule has 0 aromatic heterocycles.